The molecule has 1 heterocycles. The Kier molecular flexibility index (Phi) is 2.12. The minimum atomic E-state index is 0.0694. The van der Waals surface area contributed by atoms with Gasteiger partial charge in [0.1, 0.15) is 4.20 Å². The predicted octanol–water partition coefficient (Wildman–Crippen LogP) is 1.49. The van der Waals surface area contributed by atoms with Gasteiger partial charge in [-0.05, 0) is 6.42 Å². The van der Waals surface area contributed by atoms with Gasteiger partial charge in [-0.2, -0.15) is 0 Å². The van der Waals surface area contributed by atoms with Gasteiger partial charge in [0.25, 0.3) is 0 Å². The Morgan fingerprint density at radius 1 is 1.50 bits per heavy atom. The molecule has 0 unspecified atom stereocenters. The molecular formula is C5H11NS2. The summed E-state index contributed by atoms with van der Waals surface area (Å²) in [6.07, 6.45) is 1.09. The van der Waals surface area contributed by atoms with Gasteiger partial charge in [0, 0.05) is 11.5 Å². The Labute approximate surface area is 58.8 Å². The van der Waals surface area contributed by atoms with Crippen LogP contribution < -0.4 is 5.73 Å². The average molecular weight is 149 g/mol. The van der Waals surface area contributed by atoms with E-state index in [9.17, 15) is 0 Å². The summed E-state index contributed by atoms with van der Waals surface area (Å²) in [5.74, 6) is 2.46. The average Bonchev–Trinajstić information content (AvgIpc) is 2.17. The van der Waals surface area contributed by atoms with Gasteiger partial charge in [0.2, 0.25) is 0 Å². The molecule has 1 aliphatic heterocycles. The summed E-state index contributed by atoms with van der Waals surface area (Å²) >= 11 is 3.77. The largest absolute Gasteiger partial charge is 0.308 e. The molecule has 0 amide bonds. The maximum atomic E-state index is 5.88. The van der Waals surface area contributed by atoms with E-state index >= 15 is 0 Å². The Bertz CT molecular complexity index is 78.5. The highest BCUT2D eigenvalue weighted by Gasteiger charge is 2.28. The lowest BCUT2D eigenvalue weighted by Crippen LogP contribution is -2.27. The van der Waals surface area contributed by atoms with Crippen molar-refractivity contribution in [3.05, 3.63) is 0 Å². The molecular weight excluding hydrogens is 138 g/mol. The molecule has 0 aromatic rings. The van der Waals surface area contributed by atoms with Crippen LogP contribution in [-0.2, 0) is 0 Å². The van der Waals surface area contributed by atoms with Crippen LogP contribution in [0.4, 0.5) is 0 Å². The van der Waals surface area contributed by atoms with Crippen molar-refractivity contribution in [2.45, 2.75) is 17.5 Å². The van der Waals surface area contributed by atoms with Crippen molar-refractivity contribution in [1.29, 1.82) is 0 Å². The third kappa shape index (κ3) is 1.33. The van der Waals surface area contributed by atoms with Crippen LogP contribution in [0.15, 0.2) is 0 Å². The standard InChI is InChI=1S/C5H11NS2/c1-2-5(6)7-3-4-8-5/h2-4,6H2,1H3. The first kappa shape index (κ1) is 6.78. The van der Waals surface area contributed by atoms with Crippen LogP contribution in [0.5, 0.6) is 0 Å². The second-order valence-corrected chi connectivity index (χ2v) is 4.97. The lowest BCUT2D eigenvalue weighted by atomic mass is 10.5. The molecule has 48 valence electrons. The van der Waals surface area contributed by atoms with Crippen LogP contribution >= 0.6 is 23.5 Å². The van der Waals surface area contributed by atoms with Gasteiger partial charge < -0.3 is 5.73 Å². The van der Waals surface area contributed by atoms with Gasteiger partial charge >= 0.3 is 0 Å². The van der Waals surface area contributed by atoms with Crippen molar-refractivity contribution in [2.75, 3.05) is 11.5 Å². The summed E-state index contributed by atoms with van der Waals surface area (Å²) in [5.41, 5.74) is 5.88. The van der Waals surface area contributed by atoms with Gasteiger partial charge in [-0.15, -0.1) is 23.5 Å². The first-order valence-electron chi connectivity index (χ1n) is 2.83. The molecule has 1 fully saturated rings. The number of rotatable bonds is 1. The molecule has 0 aromatic carbocycles. The zero-order valence-electron chi connectivity index (χ0n) is 5.02. The Morgan fingerprint density at radius 2 is 2.00 bits per heavy atom. The van der Waals surface area contributed by atoms with E-state index in [1.165, 1.54) is 11.5 Å². The molecule has 1 nitrogen and oxygen atoms in total. The third-order valence-electron chi connectivity index (χ3n) is 1.27. The molecule has 0 aliphatic carbocycles. The number of hydrogen-bond acceptors (Lipinski definition) is 3. The SMILES string of the molecule is CCC1(N)SCCS1. The maximum absolute atomic E-state index is 5.88. The monoisotopic (exact) mass is 149 g/mol. The van der Waals surface area contributed by atoms with Crippen molar-refractivity contribution >= 4 is 23.5 Å². The van der Waals surface area contributed by atoms with E-state index in [2.05, 4.69) is 6.92 Å². The van der Waals surface area contributed by atoms with Crippen LogP contribution in [-0.4, -0.2) is 15.7 Å². The molecule has 1 aliphatic rings. The zero-order chi connectivity index (χ0) is 6.04. The van der Waals surface area contributed by atoms with Crippen molar-refractivity contribution in [2.24, 2.45) is 5.73 Å². The molecule has 1 rings (SSSR count). The first-order valence-corrected chi connectivity index (χ1v) is 4.81. The molecule has 0 atom stereocenters. The molecule has 3 heteroatoms. The highest BCUT2D eigenvalue weighted by molar-refractivity contribution is 8.21. The second kappa shape index (κ2) is 2.50. The summed E-state index contributed by atoms with van der Waals surface area (Å²) in [5, 5.41) is 0. The zero-order valence-corrected chi connectivity index (χ0v) is 6.65. The van der Waals surface area contributed by atoms with Crippen LogP contribution in [0.1, 0.15) is 13.3 Å². The minimum Gasteiger partial charge on any atom is -0.308 e. The fourth-order valence-electron chi connectivity index (χ4n) is 0.675. The van der Waals surface area contributed by atoms with E-state index in [0.717, 1.165) is 6.42 Å². The molecule has 1 saturated heterocycles. The Balaban J connectivity index is 2.40. The van der Waals surface area contributed by atoms with Crippen LogP contribution in [0.25, 0.3) is 0 Å². The van der Waals surface area contributed by atoms with Crippen molar-refractivity contribution in [3.63, 3.8) is 0 Å². The molecule has 2 N–H and O–H groups in total. The Hall–Kier alpha value is 0.660. The number of thioether (sulfide) groups is 2. The second-order valence-electron chi connectivity index (χ2n) is 1.86. The smallest absolute Gasteiger partial charge is 0.109 e. The van der Waals surface area contributed by atoms with Crippen LogP contribution in [0.2, 0.25) is 0 Å². The van der Waals surface area contributed by atoms with Crippen molar-refractivity contribution in [3.8, 4) is 0 Å². The molecule has 0 spiro atoms. The topological polar surface area (TPSA) is 26.0 Å². The van der Waals surface area contributed by atoms with Gasteiger partial charge in [-0.3, -0.25) is 0 Å². The highest BCUT2D eigenvalue weighted by atomic mass is 32.2. The van der Waals surface area contributed by atoms with Crippen molar-refractivity contribution < 1.29 is 0 Å². The minimum absolute atomic E-state index is 0.0694. The third-order valence-corrected chi connectivity index (χ3v) is 4.61. The van der Waals surface area contributed by atoms with Gasteiger partial charge in [0.05, 0.1) is 0 Å². The molecule has 0 aromatic heterocycles. The fraction of sp³-hybridized carbons (Fsp3) is 1.00. The van der Waals surface area contributed by atoms with Crippen LogP contribution in [0, 0.1) is 0 Å². The predicted molar refractivity (Wildman–Crippen MR) is 42.1 cm³/mol. The summed E-state index contributed by atoms with van der Waals surface area (Å²) < 4.78 is 0.0694. The van der Waals surface area contributed by atoms with E-state index < -0.39 is 0 Å². The van der Waals surface area contributed by atoms with Gasteiger partial charge in [-0.25, -0.2) is 0 Å². The maximum Gasteiger partial charge on any atom is 0.109 e. The summed E-state index contributed by atoms with van der Waals surface area (Å²) in [4.78, 5) is 0. The quantitative estimate of drug-likeness (QED) is 0.611. The number of nitrogens with two attached hydrogens (primary N) is 1. The van der Waals surface area contributed by atoms with E-state index in [4.69, 9.17) is 5.73 Å². The molecule has 0 bridgehead atoms. The van der Waals surface area contributed by atoms with E-state index in [-0.39, 0.29) is 4.20 Å². The highest BCUT2D eigenvalue weighted by Crippen LogP contribution is 2.41. The molecule has 0 saturated carbocycles. The summed E-state index contributed by atoms with van der Waals surface area (Å²) in [6, 6.07) is 0. The van der Waals surface area contributed by atoms with Crippen molar-refractivity contribution in [1.82, 2.24) is 0 Å². The fourth-order valence-corrected chi connectivity index (χ4v) is 3.27. The first-order chi connectivity index (χ1) is 3.77. The lowest BCUT2D eigenvalue weighted by Gasteiger charge is -2.17. The van der Waals surface area contributed by atoms with E-state index in [0.29, 0.717) is 0 Å². The van der Waals surface area contributed by atoms with Gasteiger partial charge in [0.15, 0.2) is 0 Å². The lowest BCUT2D eigenvalue weighted by molar-refractivity contribution is 0.816. The summed E-state index contributed by atoms with van der Waals surface area (Å²) in [6.45, 7) is 2.14. The molecule has 0 radical (unpaired) electrons. The van der Waals surface area contributed by atoms with E-state index in [1.54, 1.807) is 0 Å². The van der Waals surface area contributed by atoms with Gasteiger partial charge in [-0.1, -0.05) is 6.92 Å². The van der Waals surface area contributed by atoms with E-state index in [1.807, 2.05) is 23.5 Å². The summed E-state index contributed by atoms with van der Waals surface area (Å²) in [7, 11) is 0. The normalized spacial score (nSPS) is 26.2. The van der Waals surface area contributed by atoms with Crippen LogP contribution in [0.3, 0.4) is 0 Å². The number of hydrogen-bond donors (Lipinski definition) is 1. The Morgan fingerprint density at radius 3 is 2.25 bits per heavy atom. The molecule has 8 heavy (non-hydrogen) atoms.